The topological polar surface area (TPSA) is 66.5 Å². The molecule has 184 valence electrons. The second-order valence-corrected chi connectivity index (χ2v) is 10.1. The van der Waals surface area contributed by atoms with Gasteiger partial charge in [0.2, 0.25) is 5.91 Å². The van der Waals surface area contributed by atoms with Crippen molar-refractivity contribution in [3.8, 4) is 0 Å². The van der Waals surface area contributed by atoms with E-state index in [2.05, 4.69) is 5.32 Å². The van der Waals surface area contributed by atoms with Crippen LogP contribution in [0.2, 0.25) is 5.02 Å². The number of rotatable bonds is 7. The Bertz CT molecular complexity index is 1440. The highest BCUT2D eigenvalue weighted by Crippen LogP contribution is 2.39. The summed E-state index contributed by atoms with van der Waals surface area (Å²) >= 11 is 7.74. The van der Waals surface area contributed by atoms with Gasteiger partial charge in [-0.1, -0.05) is 84.4 Å². The van der Waals surface area contributed by atoms with E-state index in [1.54, 1.807) is 66.4 Å². The Morgan fingerprint density at radius 2 is 1.54 bits per heavy atom. The summed E-state index contributed by atoms with van der Waals surface area (Å²) in [5.41, 5.74) is 3.69. The lowest BCUT2D eigenvalue weighted by Gasteiger charge is -2.24. The minimum atomic E-state index is -0.340. The molecule has 1 saturated heterocycles. The van der Waals surface area contributed by atoms with Crippen LogP contribution in [0.5, 0.6) is 0 Å². The van der Waals surface area contributed by atoms with Crippen LogP contribution in [-0.2, 0) is 11.3 Å². The summed E-state index contributed by atoms with van der Waals surface area (Å²) in [7, 11) is 0. The van der Waals surface area contributed by atoms with Crippen LogP contribution in [0.15, 0.2) is 103 Å². The van der Waals surface area contributed by atoms with Crippen molar-refractivity contribution in [2.45, 2.75) is 11.9 Å². The fourth-order valence-electron chi connectivity index (χ4n) is 4.23. The quantitative estimate of drug-likeness (QED) is 0.276. The Hall–Kier alpha value is -3.87. The number of carbonyl (C=O) groups excluding carboxylic acids is 3. The number of halogens is 1. The molecular formula is C30H23ClN2O3S. The molecule has 1 fully saturated rings. The van der Waals surface area contributed by atoms with Gasteiger partial charge in [-0.3, -0.25) is 14.4 Å². The van der Waals surface area contributed by atoms with Gasteiger partial charge in [-0.25, -0.2) is 0 Å². The smallest absolute Gasteiger partial charge is 0.255 e. The second-order valence-electron chi connectivity index (χ2n) is 8.63. The third-order valence-electron chi connectivity index (χ3n) is 6.13. The van der Waals surface area contributed by atoms with Gasteiger partial charge >= 0.3 is 0 Å². The zero-order chi connectivity index (χ0) is 25.8. The summed E-state index contributed by atoms with van der Waals surface area (Å²) in [6.07, 6.45) is 0. The van der Waals surface area contributed by atoms with Crippen LogP contribution < -0.4 is 5.32 Å². The van der Waals surface area contributed by atoms with Gasteiger partial charge in [-0.05, 0) is 41.5 Å². The van der Waals surface area contributed by atoms with E-state index in [0.717, 1.165) is 11.1 Å². The van der Waals surface area contributed by atoms with Crippen molar-refractivity contribution in [2.75, 3.05) is 11.1 Å². The Morgan fingerprint density at radius 3 is 2.24 bits per heavy atom. The Morgan fingerprint density at radius 1 is 0.865 bits per heavy atom. The van der Waals surface area contributed by atoms with Crippen molar-refractivity contribution in [1.29, 1.82) is 0 Å². The Labute approximate surface area is 224 Å². The average molecular weight is 527 g/mol. The molecule has 1 aliphatic rings. The number of hydrogen-bond donors (Lipinski definition) is 1. The molecule has 7 heteroatoms. The third kappa shape index (κ3) is 5.61. The largest absolute Gasteiger partial charge is 0.322 e. The molecule has 0 saturated carbocycles. The average Bonchev–Trinajstić information content (AvgIpc) is 3.30. The van der Waals surface area contributed by atoms with Crippen LogP contribution in [-0.4, -0.2) is 28.3 Å². The number of benzene rings is 4. The van der Waals surface area contributed by atoms with E-state index in [4.69, 9.17) is 11.6 Å². The highest BCUT2D eigenvalue weighted by molar-refractivity contribution is 8.00. The number of thioether (sulfide) groups is 1. The normalized spacial score (nSPS) is 15.0. The number of hydrogen-bond acceptors (Lipinski definition) is 4. The number of nitrogens with zero attached hydrogens (tertiary/aromatic N) is 1. The van der Waals surface area contributed by atoms with Crippen molar-refractivity contribution >= 4 is 46.6 Å². The van der Waals surface area contributed by atoms with Gasteiger partial charge in [0, 0.05) is 28.3 Å². The van der Waals surface area contributed by atoms with Crippen LogP contribution in [0.3, 0.4) is 0 Å². The number of nitrogens with one attached hydrogen (secondary N) is 1. The SMILES string of the molecule is O=C(Nc1ccc(Cl)cc1C(=O)c1ccccc1)c1ccc([C@H]2SCC(=O)N2Cc2ccccc2)cc1. The molecule has 5 rings (SSSR count). The van der Waals surface area contributed by atoms with Crippen LogP contribution in [0.1, 0.15) is 42.8 Å². The summed E-state index contributed by atoms with van der Waals surface area (Å²) in [5.74, 6) is -0.0457. The Balaban J connectivity index is 1.33. The molecule has 1 heterocycles. The van der Waals surface area contributed by atoms with Crippen molar-refractivity contribution in [3.05, 3.63) is 136 Å². The van der Waals surface area contributed by atoms with Gasteiger partial charge in [0.1, 0.15) is 5.37 Å². The molecule has 37 heavy (non-hydrogen) atoms. The van der Waals surface area contributed by atoms with Crippen molar-refractivity contribution < 1.29 is 14.4 Å². The van der Waals surface area contributed by atoms with E-state index in [1.165, 1.54) is 0 Å². The molecule has 0 spiro atoms. The number of amides is 2. The van der Waals surface area contributed by atoms with Crippen molar-refractivity contribution in [1.82, 2.24) is 4.90 Å². The highest BCUT2D eigenvalue weighted by atomic mass is 35.5. The summed E-state index contributed by atoms with van der Waals surface area (Å²) < 4.78 is 0. The molecule has 1 N–H and O–H groups in total. The van der Waals surface area contributed by atoms with E-state index in [9.17, 15) is 14.4 Å². The summed E-state index contributed by atoms with van der Waals surface area (Å²) in [6, 6.07) is 30.8. The second kappa shape index (κ2) is 11.0. The Kier molecular flexibility index (Phi) is 7.40. The first-order valence-corrected chi connectivity index (χ1v) is 13.2. The molecule has 0 radical (unpaired) electrons. The van der Waals surface area contributed by atoms with E-state index >= 15 is 0 Å². The van der Waals surface area contributed by atoms with Crippen molar-refractivity contribution in [3.63, 3.8) is 0 Å². The van der Waals surface area contributed by atoms with Crippen LogP contribution >= 0.6 is 23.4 Å². The molecule has 1 atom stereocenters. The van der Waals surface area contributed by atoms with E-state index in [-0.39, 0.29) is 23.0 Å². The van der Waals surface area contributed by atoms with Gasteiger partial charge in [0.25, 0.3) is 5.91 Å². The minimum absolute atomic E-state index is 0.0963. The van der Waals surface area contributed by atoms with E-state index in [0.29, 0.717) is 39.7 Å². The zero-order valence-corrected chi connectivity index (χ0v) is 21.3. The highest BCUT2D eigenvalue weighted by Gasteiger charge is 2.32. The molecule has 4 aromatic carbocycles. The van der Waals surface area contributed by atoms with Gasteiger partial charge in [0.15, 0.2) is 5.78 Å². The van der Waals surface area contributed by atoms with Gasteiger partial charge in [-0.2, -0.15) is 0 Å². The summed E-state index contributed by atoms with van der Waals surface area (Å²) in [4.78, 5) is 40.6. The monoisotopic (exact) mass is 526 g/mol. The molecule has 1 aliphatic heterocycles. The van der Waals surface area contributed by atoms with Gasteiger partial charge in [0.05, 0.1) is 11.4 Å². The van der Waals surface area contributed by atoms with Crippen LogP contribution in [0.4, 0.5) is 5.69 Å². The molecular weight excluding hydrogens is 504 g/mol. The number of anilines is 1. The lowest BCUT2D eigenvalue weighted by Crippen LogP contribution is -2.27. The molecule has 2 amide bonds. The molecule has 0 aromatic heterocycles. The van der Waals surface area contributed by atoms with Crippen molar-refractivity contribution in [2.24, 2.45) is 0 Å². The zero-order valence-electron chi connectivity index (χ0n) is 19.8. The molecule has 5 nitrogen and oxygen atoms in total. The standard InChI is InChI=1S/C30H23ClN2O3S/c31-24-15-16-26(25(17-24)28(35)21-9-5-2-6-10-21)32-29(36)22-11-13-23(14-12-22)30-33(27(34)19-37-30)18-20-7-3-1-4-8-20/h1-17,30H,18-19H2,(H,32,36)/t30-/m1/s1. The molecule has 0 bridgehead atoms. The lowest BCUT2D eigenvalue weighted by atomic mass is 10.0. The van der Waals surface area contributed by atoms with Gasteiger partial charge < -0.3 is 10.2 Å². The fraction of sp³-hybridized carbons (Fsp3) is 0.100. The fourth-order valence-corrected chi connectivity index (χ4v) is 5.59. The molecule has 0 unspecified atom stereocenters. The third-order valence-corrected chi connectivity index (χ3v) is 7.62. The predicted octanol–water partition coefficient (Wildman–Crippen LogP) is 6.60. The summed E-state index contributed by atoms with van der Waals surface area (Å²) in [6.45, 7) is 0.536. The first kappa shape index (κ1) is 24.8. The van der Waals surface area contributed by atoms with Crippen LogP contribution in [0.25, 0.3) is 0 Å². The van der Waals surface area contributed by atoms with Crippen LogP contribution in [0, 0.1) is 0 Å². The number of carbonyl (C=O) groups is 3. The minimum Gasteiger partial charge on any atom is -0.322 e. The molecule has 0 aliphatic carbocycles. The first-order chi connectivity index (χ1) is 18.0. The first-order valence-electron chi connectivity index (χ1n) is 11.8. The maximum absolute atomic E-state index is 13.1. The predicted molar refractivity (Wildman–Crippen MR) is 148 cm³/mol. The van der Waals surface area contributed by atoms with E-state index < -0.39 is 0 Å². The van der Waals surface area contributed by atoms with Gasteiger partial charge in [-0.15, -0.1) is 11.8 Å². The number of ketones is 1. The lowest BCUT2D eigenvalue weighted by molar-refractivity contribution is -0.128. The molecule has 4 aromatic rings. The summed E-state index contributed by atoms with van der Waals surface area (Å²) in [5, 5.41) is 3.15. The maximum Gasteiger partial charge on any atom is 0.255 e. The van der Waals surface area contributed by atoms with E-state index in [1.807, 2.05) is 53.4 Å². The maximum atomic E-state index is 13.1.